The van der Waals surface area contributed by atoms with Gasteiger partial charge in [0.15, 0.2) is 6.10 Å². The van der Waals surface area contributed by atoms with Crippen molar-refractivity contribution < 1.29 is 4.74 Å². The van der Waals surface area contributed by atoms with E-state index in [2.05, 4.69) is 47.7 Å². The molecule has 1 saturated heterocycles. The lowest BCUT2D eigenvalue weighted by Crippen LogP contribution is -2.46. The lowest BCUT2D eigenvalue weighted by Gasteiger charge is -2.37. The molecule has 0 saturated carbocycles. The first-order valence-corrected chi connectivity index (χ1v) is 6.89. The Labute approximate surface area is 107 Å². The molecule has 0 amide bonds. The van der Waals surface area contributed by atoms with Gasteiger partial charge in [-0.25, -0.2) is 0 Å². The number of hydrogen-bond donors (Lipinski definition) is 0. The first-order chi connectivity index (χ1) is 7.47. The first-order valence-electron chi connectivity index (χ1n) is 5.77. The van der Waals surface area contributed by atoms with Crippen LogP contribution in [-0.2, 0) is 4.74 Å². The van der Waals surface area contributed by atoms with Crippen LogP contribution in [-0.4, -0.2) is 42.6 Å². The van der Waals surface area contributed by atoms with Crippen LogP contribution in [0.4, 0.5) is 0 Å². The molecule has 2 atom stereocenters. The maximum absolute atomic E-state index is 8.85. The Balaban J connectivity index is 2.49. The van der Waals surface area contributed by atoms with Crippen LogP contribution < -0.4 is 0 Å². The quantitative estimate of drug-likeness (QED) is 0.748. The van der Waals surface area contributed by atoms with Gasteiger partial charge in [-0.15, -0.1) is 0 Å². The summed E-state index contributed by atoms with van der Waals surface area (Å²) in [5.41, 5.74) is 0.296. The standard InChI is InChI=1S/C12H21BrN2O/c1-12(2,3)10(6-13)8-15-4-5-16-11(7-14)9-15/h10-11H,4-6,8-9H2,1-3H3. The summed E-state index contributed by atoms with van der Waals surface area (Å²) in [6.07, 6.45) is -0.246. The normalized spacial score (nSPS) is 25.1. The average Bonchev–Trinajstić information content (AvgIpc) is 2.24. The second-order valence-corrected chi connectivity index (χ2v) is 6.11. The van der Waals surface area contributed by atoms with Crippen molar-refractivity contribution in [2.45, 2.75) is 26.9 Å². The lowest BCUT2D eigenvalue weighted by molar-refractivity contribution is -0.00999. The van der Waals surface area contributed by atoms with Gasteiger partial charge in [0.2, 0.25) is 0 Å². The van der Waals surface area contributed by atoms with Crippen molar-refractivity contribution in [2.75, 3.05) is 31.6 Å². The van der Waals surface area contributed by atoms with Gasteiger partial charge in [-0.3, -0.25) is 4.90 Å². The molecule has 0 N–H and O–H groups in total. The number of hydrogen-bond acceptors (Lipinski definition) is 3. The molecule has 0 aromatic rings. The van der Waals surface area contributed by atoms with Crippen molar-refractivity contribution >= 4 is 15.9 Å². The molecular formula is C12H21BrN2O. The zero-order valence-electron chi connectivity index (χ0n) is 10.4. The third-order valence-electron chi connectivity index (χ3n) is 3.18. The Kier molecular flexibility index (Phi) is 5.23. The van der Waals surface area contributed by atoms with Crippen LogP contribution in [0.1, 0.15) is 20.8 Å². The molecule has 3 nitrogen and oxygen atoms in total. The summed E-state index contributed by atoms with van der Waals surface area (Å²) < 4.78 is 5.34. The van der Waals surface area contributed by atoms with E-state index in [0.717, 1.165) is 25.0 Å². The monoisotopic (exact) mass is 288 g/mol. The molecule has 4 heteroatoms. The molecule has 1 heterocycles. The summed E-state index contributed by atoms with van der Waals surface area (Å²) in [5, 5.41) is 9.85. The highest BCUT2D eigenvalue weighted by atomic mass is 79.9. The Morgan fingerprint density at radius 3 is 2.75 bits per heavy atom. The van der Waals surface area contributed by atoms with Crippen molar-refractivity contribution in [3.05, 3.63) is 0 Å². The van der Waals surface area contributed by atoms with Gasteiger partial charge in [-0.05, 0) is 11.3 Å². The Bertz CT molecular complexity index is 257. The Hall–Kier alpha value is -0.110. The van der Waals surface area contributed by atoms with Gasteiger partial charge in [0.25, 0.3) is 0 Å². The van der Waals surface area contributed by atoms with E-state index in [-0.39, 0.29) is 6.10 Å². The maximum Gasteiger partial charge on any atom is 0.156 e. The van der Waals surface area contributed by atoms with E-state index in [0.29, 0.717) is 17.9 Å². The van der Waals surface area contributed by atoms with Gasteiger partial charge in [0.05, 0.1) is 12.7 Å². The highest BCUT2D eigenvalue weighted by Gasteiger charge is 2.28. The van der Waals surface area contributed by atoms with Gasteiger partial charge >= 0.3 is 0 Å². The van der Waals surface area contributed by atoms with Crippen molar-refractivity contribution in [3.8, 4) is 6.07 Å². The van der Waals surface area contributed by atoms with Crippen LogP contribution in [0, 0.1) is 22.7 Å². The highest BCUT2D eigenvalue weighted by Crippen LogP contribution is 2.28. The van der Waals surface area contributed by atoms with Crippen molar-refractivity contribution in [2.24, 2.45) is 11.3 Å². The van der Waals surface area contributed by atoms with Crippen LogP contribution in [0.5, 0.6) is 0 Å². The molecule has 1 rings (SSSR count). The molecule has 0 bridgehead atoms. The summed E-state index contributed by atoms with van der Waals surface area (Å²) >= 11 is 3.59. The van der Waals surface area contributed by atoms with Crippen LogP contribution in [0.25, 0.3) is 0 Å². The summed E-state index contributed by atoms with van der Waals surface area (Å²) in [6, 6.07) is 2.19. The van der Waals surface area contributed by atoms with E-state index < -0.39 is 0 Å². The molecule has 0 radical (unpaired) electrons. The van der Waals surface area contributed by atoms with Crippen LogP contribution in [0.2, 0.25) is 0 Å². The van der Waals surface area contributed by atoms with Crippen molar-refractivity contribution in [3.63, 3.8) is 0 Å². The third kappa shape index (κ3) is 4.04. The molecule has 0 spiro atoms. The number of alkyl halides is 1. The summed E-state index contributed by atoms with van der Waals surface area (Å²) in [5.74, 6) is 0.602. The van der Waals surface area contributed by atoms with Gasteiger partial charge in [0.1, 0.15) is 0 Å². The number of ether oxygens (including phenoxy) is 1. The number of rotatable bonds is 3. The summed E-state index contributed by atoms with van der Waals surface area (Å²) in [4.78, 5) is 2.34. The van der Waals surface area contributed by atoms with E-state index in [1.807, 2.05) is 0 Å². The number of morpholine rings is 1. The molecule has 92 valence electrons. The summed E-state index contributed by atoms with van der Waals surface area (Å²) in [7, 11) is 0. The molecular weight excluding hydrogens is 268 g/mol. The third-order valence-corrected chi connectivity index (χ3v) is 3.97. The minimum Gasteiger partial charge on any atom is -0.361 e. The predicted octanol–water partition coefficient (Wildman–Crippen LogP) is 2.27. The summed E-state index contributed by atoms with van der Waals surface area (Å²) in [6.45, 7) is 10.2. The van der Waals surface area contributed by atoms with E-state index >= 15 is 0 Å². The fourth-order valence-electron chi connectivity index (χ4n) is 1.81. The smallest absolute Gasteiger partial charge is 0.156 e. The van der Waals surface area contributed by atoms with Gasteiger partial charge in [-0.2, -0.15) is 5.26 Å². The molecule has 2 unspecified atom stereocenters. The van der Waals surface area contributed by atoms with Crippen LogP contribution in [0.15, 0.2) is 0 Å². The van der Waals surface area contributed by atoms with Crippen LogP contribution in [0.3, 0.4) is 0 Å². The topological polar surface area (TPSA) is 36.3 Å². The number of nitrogens with zero attached hydrogens (tertiary/aromatic N) is 2. The fourth-order valence-corrected chi connectivity index (χ4v) is 2.99. The SMILES string of the molecule is CC(C)(C)C(CBr)CN1CCOC(C#N)C1. The van der Waals surface area contributed by atoms with Gasteiger partial charge in [-0.1, -0.05) is 36.7 Å². The zero-order chi connectivity index (χ0) is 12.2. The van der Waals surface area contributed by atoms with E-state index in [1.54, 1.807) is 0 Å². The fraction of sp³-hybridized carbons (Fsp3) is 0.917. The molecule has 1 aliphatic heterocycles. The molecule has 0 aromatic heterocycles. The van der Waals surface area contributed by atoms with Crippen LogP contribution >= 0.6 is 15.9 Å². The Morgan fingerprint density at radius 2 is 2.25 bits per heavy atom. The Morgan fingerprint density at radius 1 is 1.56 bits per heavy atom. The van der Waals surface area contributed by atoms with Gasteiger partial charge < -0.3 is 4.74 Å². The molecule has 1 aliphatic rings. The van der Waals surface area contributed by atoms with Crippen molar-refractivity contribution in [1.29, 1.82) is 5.26 Å². The minimum atomic E-state index is -0.246. The highest BCUT2D eigenvalue weighted by molar-refractivity contribution is 9.09. The number of halogens is 1. The first kappa shape index (κ1) is 14.0. The largest absolute Gasteiger partial charge is 0.361 e. The lowest BCUT2D eigenvalue weighted by atomic mass is 9.81. The molecule has 0 aromatic carbocycles. The van der Waals surface area contributed by atoms with Crippen molar-refractivity contribution in [1.82, 2.24) is 4.90 Å². The molecule has 0 aliphatic carbocycles. The van der Waals surface area contributed by atoms with E-state index in [9.17, 15) is 0 Å². The average molecular weight is 289 g/mol. The predicted molar refractivity (Wildman–Crippen MR) is 68.5 cm³/mol. The molecule has 1 fully saturated rings. The minimum absolute atomic E-state index is 0.246. The zero-order valence-corrected chi connectivity index (χ0v) is 12.0. The molecule has 16 heavy (non-hydrogen) atoms. The maximum atomic E-state index is 8.85. The second kappa shape index (κ2) is 6.00. The number of nitriles is 1. The van der Waals surface area contributed by atoms with E-state index in [1.165, 1.54) is 0 Å². The van der Waals surface area contributed by atoms with E-state index in [4.69, 9.17) is 10.00 Å². The second-order valence-electron chi connectivity index (χ2n) is 5.47. The van der Waals surface area contributed by atoms with Gasteiger partial charge in [0, 0.05) is 25.0 Å².